The fourth-order valence-corrected chi connectivity index (χ4v) is 3.37. The second kappa shape index (κ2) is 6.02. The minimum absolute atomic E-state index is 0.0559. The number of para-hydroxylation sites is 1. The number of amides is 1. The molecule has 120 valence electrons. The smallest absolute Gasteiger partial charge is 0.223 e. The van der Waals surface area contributed by atoms with Crippen LogP contribution in [0, 0.1) is 5.92 Å². The van der Waals surface area contributed by atoms with Crippen molar-refractivity contribution < 1.29 is 9.53 Å². The van der Waals surface area contributed by atoms with E-state index in [1.165, 1.54) is 0 Å². The van der Waals surface area contributed by atoms with Gasteiger partial charge in [-0.3, -0.25) is 4.79 Å². The summed E-state index contributed by atoms with van der Waals surface area (Å²) in [5, 5.41) is 11.4. The average Bonchev–Trinajstić information content (AvgIpc) is 3.10. The van der Waals surface area contributed by atoms with Crippen molar-refractivity contribution in [1.29, 1.82) is 0 Å². The summed E-state index contributed by atoms with van der Waals surface area (Å²) in [6.45, 7) is 1.98. The number of rotatable bonds is 3. The van der Waals surface area contributed by atoms with Crippen LogP contribution in [0.25, 0.3) is 0 Å². The molecule has 0 unspecified atom stereocenters. The summed E-state index contributed by atoms with van der Waals surface area (Å²) < 4.78 is 7.85. The number of hydrogen-bond acceptors (Lipinski definition) is 4. The van der Waals surface area contributed by atoms with E-state index in [0.717, 1.165) is 55.2 Å². The Morgan fingerprint density at radius 2 is 2.26 bits per heavy atom. The van der Waals surface area contributed by atoms with Crippen molar-refractivity contribution in [3.8, 4) is 5.75 Å². The number of nitrogens with one attached hydrogen (secondary N) is 1. The van der Waals surface area contributed by atoms with Crippen LogP contribution in [-0.4, -0.2) is 27.3 Å². The van der Waals surface area contributed by atoms with Gasteiger partial charge >= 0.3 is 0 Å². The molecule has 3 heterocycles. The van der Waals surface area contributed by atoms with E-state index in [4.69, 9.17) is 4.74 Å². The van der Waals surface area contributed by atoms with Crippen LogP contribution in [0.4, 0.5) is 0 Å². The predicted octanol–water partition coefficient (Wildman–Crippen LogP) is 1.48. The van der Waals surface area contributed by atoms with Crippen molar-refractivity contribution in [2.45, 2.75) is 38.8 Å². The number of ether oxygens (including phenoxy) is 1. The highest BCUT2D eigenvalue weighted by Crippen LogP contribution is 2.26. The largest absolute Gasteiger partial charge is 0.493 e. The molecule has 1 amide bonds. The molecule has 0 spiro atoms. The van der Waals surface area contributed by atoms with Crippen molar-refractivity contribution in [1.82, 2.24) is 20.1 Å². The van der Waals surface area contributed by atoms with Gasteiger partial charge in [0.05, 0.1) is 13.2 Å². The summed E-state index contributed by atoms with van der Waals surface area (Å²) in [7, 11) is 0. The Morgan fingerprint density at radius 3 is 3.22 bits per heavy atom. The molecule has 6 nitrogen and oxygen atoms in total. The Labute approximate surface area is 134 Å². The SMILES string of the molecule is O=C(NCc1nnc2n1CCC2)[C@@H]1CCOc2ccccc2C1. The summed E-state index contributed by atoms with van der Waals surface area (Å²) in [4.78, 5) is 12.5. The molecule has 2 aliphatic heterocycles. The molecular formula is C17H20N4O2. The minimum atomic E-state index is -0.0559. The fourth-order valence-electron chi connectivity index (χ4n) is 3.37. The van der Waals surface area contributed by atoms with E-state index in [1.807, 2.05) is 24.3 Å². The number of benzene rings is 1. The Bertz CT molecular complexity index is 725. The van der Waals surface area contributed by atoms with Gasteiger partial charge in [0.15, 0.2) is 5.82 Å². The van der Waals surface area contributed by atoms with Gasteiger partial charge in [-0.05, 0) is 30.9 Å². The molecule has 0 saturated carbocycles. The summed E-state index contributed by atoms with van der Waals surface area (Å²) in [5.41, 5.74) is 1.11. The van der Waals surface area contributed by atoms with Crippen LogP contribution in [0.3, 0.4) is 0 Å². The van der Waals surface area contributed by atoms with Gasteiger partial charge in [0.1, 0.15) is 11.6 Å². The monoisotopic (exact) mass is 312 g/mol. The zero-order valence-corrected chi connectivity index (χ0v) is 13.0. The van der Waals surface area contributed by atoms with Gasteiger partial charge in [0.2, 0.25) is 5.91 Å². The first-order chi connectivity index (χ1) is 11.3. The van der Waals surface area contributed by atoms with Crippen LogP contribution >= 0.6 is 0 Å². The lowest BCUT2D eigenvalue weighted by Crippen LogP contribution is -2.32. The second-order valence-electron chi connectivity index (χ2n) is 6.15. The average molecular weight is 312 g/mol. The molecule has 0 fully saturated rings. The molecule has 1 aromatic heterocycles. The number of carbonyl (C=O) groups excluding carboxylic acids is 1. The Hall–Kier alpha value is -2.37. The zero-order chi connectivity index (χ0) is 15.6. The maximum absolute atomic E-state index is 12.5. The Kier molecular flexibility index (Phi) is 3.73. The molecule has 23 heavy (non-hydrogen) atoms. The van der Waals surface area contributed by atoms with E-state index in [1.54, 1.807) is 0 Å². The number of aryl methyl sites for hydroxylation is 1. The number of aromatic nitrogens is 3. The molecule has 1 aromatic carbocycles. The standard InChI is InChI=1S/C17H20N4O2/c22-17(18-11-16-20-19-15-6-3-8-21(15)16)13-7-9-23-14-5-2-1-4-12(14)10-13/h1-2,4-5,13H,3,6-11H2,(H,18,22)/t13-/m1/s1. The highest BCUT2D eigenvalue weighted by atomic mass is 16.5. The summed E-state index contributed by atoms with van der Waals surface area (Å²) in [6, 6.07) is 7.95. The van der Waals surface area contributed by atoms with Crippen LogP contribution in [0.15, 0.2) is 24.3 Å². The van der Waals surface area contributed by atoms with E-state index >= 15 is 0 Å². The number of fused-ring (bicyclic) bond motifs is 2. The third-order valence-corrected chi connectivity index (χ3v) is 4.64. The van der Waals surface area contributed by atoms with E-state index < -0.39 is 0 Å². The van der Waals surface area contributed by atoms with E-state index in [9.17, 15) is 4.79 Å². The molecule has 2 aromatic rings. The molecule has 0 radical (unpaired) electrons. The van der Waals surface area contributed by atoms with Gasteiger partial charge in [-0.15, -0.1) is 10.2 Å². The van der Waals surface area contributed by atoms with Crippen LogP contribution in [-0.2, 0) is 30.7 Å². The summed E-state index contributed by atoms with van der Waals surface area (Å²) >= 11 is 0. The molecular weight excluding hydrogens is 292 g/mol. The zero-order valence-electron chi connectivity index (χ0n) is 13.0. The van der Waals surface area contributed by atoms with Crippen molar-refractivity contribution >= 4 is 5.91 Å². The van der Waals surface area contributed by atoms with Gasteiger partial charge in [0, 0.05) is 18.9 Å². The van der Waals surface area contributed by atoms with Crippen LogP contribution < -0.4 is 10.1 Å². The van der Waals surface area contributed by atoms with Crippen molar-refractivity contribution in [2.24, 2.45) is 5.92 Å². The van der Waals surface area contributed by atoms with Crippen LogP contribution in [0.2, 0.25) is 0 Å². The molecule has 4 rings (SSSR count). The lowest BCUT2D eigenvalue weighted by atomic mass is 9.96. The van der Waals surface area contributed by atoms with Gasteiger partial charge < -0.3 is 14.6 Å². The molecule has 2 aliphatic rings. The van der Waals surface area contributed by atoms with Gasteiger partial charge in [0.25, 0.3) is 0 Å². The number of nitrogens with zero attached hydrogens (tertiary/aromatic N) is 3. The Morgan fingerprint density at radius 1 is 1.35 bits per heavy atom. The fraction of sp³-hybridized carbons (Fsp3) is 0.471. The van der Waals surface area contributed by atoms with Crippen molar-refractivity contribution in [2.75, 3.05) is 6.61 Å². The quantitative estimate of drug-likeness (QED) is 0.932. The molecule has 0 saturated heterocycles. The molecule has 1 N–H and O–H groups in total. The molecule has 6 heteroatoms. The lowest BCUT2D eigenvalue weighted by molar-refractivity contribution is -0.125. The lowest BCUT2D eigenvalue weighted by Gasteiger charge is -2.13. The maximum atomic E-state index is 12.5. The van der Waals surface area contributed by atoms with Crippen LogP contribution in [0.1, 0.15) is 30.1 Å². The third-order valence-electron chi connectivity index (χ3n) is 4.64. The second-order valence-corrected chi connectivity index (χ2v) is 6.15. The summed E-state index contributed by atoms with van der Waals surface area (Å²) in [6.07, 6.45) is 3.55. The van der Waals surface area contributed by atoms with E-state index in [-0.39, 0.29) is 11.8 Å². The molecule has 1 atom stereocenters. The predicted molar refractivity (Wildman–Crippen MR) is 83.9 cm³/mol. The van der Waals surface area contributed by atoms with Crippen molar-refractivity contribution in [3.05, 3.63) is 41.5 Å². The van der Waals surface area contributed by atoms with Crippen molar-refractivity contribution in [3.63, 3.8) is 0 Å². The first kappa shape index (κ1) is 14.2. The van der Waals surface area contributed by atoms with Gasteiger partial charge in [-0.2, -0.15) is 0 Å². The number of hydrogen-bond donors (Lipinski definition) is 1. The first-order valence-electron chi connectivity index (χ1n) is 8.20. The maximum Gasteiger partial charge on any atom is 0.223 e. The van der Waals surface area contributed by atoms with E-state index in [2.05, 4.69) is 20.1 Å². The third kappa shape index (κ3) is 2.81. The molecule has 0 aliphatic carbocycles. The normalized spacial score (nSPS) is 19.4. The van der Waals surface area contributed by atoms with Gasteiger partial charge in [-0.1, -0.05) is 18.2 Å². The highest BCUT2D eigenvalue weighted by Gasteiger charge is 2.24. The number of carbonyl (C=O) groups is 1. The van der Waals surface area contributed by atoms with E-state index in [0.29, 0.717) is 13.2 Å². The van der Waals surface area contributed by atoms with Gasteiger partial charge in [-0.25, -0.2) is 0 Å². The van der Waals surface area contributed by atoms with Crippen LogP contribution in [0.5, 0.6) is 5.75 Å². The summed E-state index contributed by atoms with van der Waals surface area (Å²) in [5.74, 6) is 2.81. The minimum Gasteiger partial charge on any atom is -0.493 e. The highest BCUT2D eigenvalue weighted by molar-refractivity contribution is 5.79. The first-order valence-corrected chi connectivity index (χ1v) is 8.20. The topological polar surface area (TPSA) is 69.0 Å². The molecule has 0 bridgehead atoms. The Balaban J connectivity index is 1.41.